The summed E-state index contributed by atoms with van der Waals surface area (Å²) in [7, 11) is -1.98. The van der Waals surface area contributed by atoms with Crippen LogP contribution in [0.2, 0.25) is 0 Å². The van der Waals surface area contributed by atoms with Gasteiger partial charge in [-0.2, -0.15) is 5.10 Å². The van der Waals surface area contributed by atoms with Crippen LogP contribution in [0.25, 0.3) is 0 Å². The zero-order valence-corrected chi connectivity index (χ0v) is 12.6. The van der Waals surface area contributed by atoms with Gasteiger partial charge in [-0.05, 0) is 26.0 Å². The van der Waals surface area contributed by atoms with Crippen LogP contribution < -0.4 is 10.5 Å². The number of aromatic nitrogens is 2. The Labute approximate surface area is 116 Å². The Kier molecular flexibility index (Phi) is 3.66. The van der Waals surface area contributed by atoms with E-state index >= 15 is 0 Å². The van der Waals surface area contributed by atoms with E-state index in [4.69, 9.17) is 5.73 Å². The van der Waals surface area contributed by atoms with E-state index < -0.39 is 10.0 Å². The summed E-state index contributed by atoms with van der Waals surface area (Å²) in [5.74, 6) is 0.0230. The minimum atomic E-state index is -3.64. The van der Waals surface area contributed by atoms with Crippen molar-refractivity contribution in [1.29, 1.82) is 0 Å². The zero-order chi connectivity index (χ0) is 14.2. The van der Waals surface area contributed by atoms with Gasteiger partial charge in [-0.15, -0.1) is 11.3 Å². The SMILES string of the molecule is Cc1ccc(CNS(=O)(=O)c2c(N)nn(C)c2C)s1. The van der Waals surface area contributed by atoms with Gasteiger partial charge < -0.3 is 5.73 Å². The second kappa shape index (κ2) is 4.95. The maximum Gasteiger partial charge on any atom is 0.246 e. The van der Waals surface area contributed by atoms with E-state index in [-0.39, 0.29) is 17.3 Å². The summed E-state index contributed by atoms with van der Waals surface area (Å²) in [4.78, 5) is 2.16. The fourth-order valence-electron chi connectivity index (χ4n) is 1.76. The number of hydrogen-bond donors (Lipinski definition) is 2. The van der Waals surface area contributed by atoms with Crippen molar-refractivity contribution in [2.75, 3.05) is 5.73 Å². The van der Waals surface area contributed by atoms with E-state index in [9.17, 15) is 8.42 Å². The molecule has 8 heteroatoms. The molecule has 0 spiro atoms. The molecule has 0 aliphatic rings. The van der Waals surface area contributed by atoms with Crippen LogP contribution in [0.4, 0.5) is 5.82 Å². The lowest BCUT2D eigenvalue weighted by molar-refractivity contribution is 0.581. The number of nitrogen functional groups attached to an aromatic ring is 1. The Balaban J connectivity index is 2.23. The molecule has 2 aromatic rings. The average Bonchev–Trinajstić information content (AvgIpc) is 2.82. The number of anilines is 1. The van der Waals surface area contributed by atoms with Gasteiger partial charge in [0.25, 0.3) is 0 Å². The lowest BCUT2D eigenvalue weighted by atomic mass is 10.4. The Bertz CT molecular complexity index is 700. The molecule has 0 radical (unpaired) electrons. The number of nitrogens with one attached hydrogen (secondary N) is 1. The summed E-state index contributed by atoms with van der Waals surface area (Å²) in [5, 5.41) is 3.91. The molecule has 0 fully saturated rings. The topological polar surface area (TPSA) is 90.0 Å². The van der Waals surface area contributed by atoms with Crippen molar-refractivity contribution < 1.29 is 8.42 Å². The summed E-state index contributed by atoms with van der Waals surface area (Å²) in [6.07, 6.45) is 0. The molecule has 2 aromatic heterocycles. The maximum atomic E-state index is 12.2. The van der Waals surface area contributed by atoms with Gasteiger partial charge in [0.1, 0.15) is 4.90 Å². The predicted octanol–water partition coefficient (Wildman–Crippen LogP) is 1.16. The van der Waals surface area contributed by atoms with Gasteiger partial charge in [0.05, 0.1) is 5.69 Å². The molecule has 19 heavy (non-hydrogen) atoms. The van der Waals surface area contributed by atoms with E-state index in [1.165, 1.54) is 4.68 Å². The van der Waals surface area contributed by atoms with Crippen LogP contribution in [0.1, 0.15) is 15.4 Å². The summed E-state index contributed by atoms with van der Waals surface area (Å²) < 4.78 is 28.5. The smallest absolute Gasteiger partial charge is 0.246 e. The van der Waals surface area contributed by atoms with Gasteiger partial charge in [0.2, 0.25) is 10.0 Å². The Hall–Kier alpha value is -1.38. The highest BCUT2D eigenvalue weighted by molar-refractivity contribution is 7.89. The quantitative estimate of drug-likeness (QED) is 0.886. The number of nitrogens with zero attached hydrogens (tertiary/aromatic N) is 2. The van der Waals surface area contributed by atoms with Crippen molar-refractivity contribution in [3.05, 3.63) is 27.6 Å². The Morgan fingerprint density at radius 1 is 1.42 bits per heavy atom. The molecule has 0 bridgehead atoms. The number of sulfonamides is 1. The predicted molar refractivity (Wildman–Crippen MR) is 75.4 cm³/mol. The molecule has 6 nitrogen and oxygen atoms in total. The fourth-order valence-corrected chi connectivity index (χ4v) is 4.01. The van der Waals surface area contributed by atoms with Crippen molar-refractivity contribution >= 4 is 27.2 Å². The molecular formula is C11H16N4O2S2. The minimum absolute atomic E-state index is 0.0230. The van der Waals surface area contributed by atoms with E-state index in [1.54, 1.807) is 25.3 Å². The molecule has 0 saturated carbocycles. The molecule has 0 amide bonds. The van der Waals surface area contributed by atoms with Gasteiger partial charge in [0, 0.05) is 23.3 Å². The molecular weight excluding hydrogens is 284 g/mol. The lowest BCUT2D eigenvalue weighted by Gasteiger charge is -2.05. The summed E-state index contributed by atoms with van der Waals surface area (Å²) in [6, 6.07) is 3.86. The van der Waals surface area contributed by atoms with Gasteiger partial charge in [-0.1, -0.05) is 0 Å². The molecule has 2 heterocycles. The molecule has 104 valence electrons. The third-order valence-electron chi connectivity index (χ3n) is 2.81. The third-order valence-corrected chi connectivity index (χ3v) is 5.37. The van der Waals surface area contributed by atoms with Crippen LogP contribution in [-0.2, 0) is 23.6 Å². The van der Waals surface area contributed by atoms with Crippen LogP contribution in [0.5, 0.6) is 0 Å². The molecule has 0 aromatic carbocycles. The lowest BCUT2D eigenvalue weighted by Crippen LogP contribution is -2.24. The van der Waals surface area contributed by atoms with Crippen LogP contribution in [0.3, 0.4) is 0 Å². The molecule has 0 atom stereocenters. The fraction of sp³-hybridized carbons (Fsp3) is 0.364. The first-order valence-corrected chi connectivity index (χ1v) is 7.95. The van der Waals surface area contributed by atoms with E-state index in [1.807, 2.05) is 19.1 Å². The molecule has 3 N–H and O–H groups in total. The van der Waals surface area contributed by atoms with E-state index in [0.29, 0.717) is 5.69 Å². The van der Waals surface area contributed by atoms with Crippen LogP contribution in [0, 0.1) is 13.8 Å². The molecule has 0 saturated heterocycles. The van der Waals surface area contributed by atoms with Crippen molar-refractivity contribution in [1.82, 2.24) is 14.5 Å². The number of thiophene rings is 1. The average molecular weight is 300 g/mol. The molecule has 0 aliphatic carbocycles. The normalized spacial score (nSPS) is 11.9. The largest absolute Gasteiger partial charge is 0.381 e. The number of nitrogens with two attached hydrogens (primary N) is 1. The first kappa shape index (κ1) is 14.0. The number of aryl methyl sites for hydroxylation is 2. The maximum absolute atomic E-state index is 12.2. The summed E-state index contributed by atoms with van der Waals surface area (Å²) in [5.41, 5.74) is 6.17. The first-order chi connectivity index (χ1) is 8.81. The number of hydrogen-bond acceptors (Lipinski definition) is 5. The summed E-state index contributed by atoms with van der Waals surface area (Å²) >= 11 is 1.56. The second-order valence-corrected chi connectivity index (χ2v) is 7.34. The highest BCUT2D eigenvalue weighted by Crippen LogP contribution is 2.22. The van der Waals surface area contributed by atoms with Crippen LogP contribution >= 0.6 is 11.3 Å². The highest BCUT2D eigenvalue weighted by Gasteiger charge is 2.24. The number of rotatable bonds is 4. The summed E-state index contributed by atoms with van der Waals surface area (Å²) in [6.45, 7) is 3.91. The van der Waals surface area contributed by atoms with Crippen LogP contribution in [-0.4, -0.2) is 18.2 Å². The van der Waals surface area contributed by atoms with Gasteiger partial charge in [-0.3, -0.25) is 4.68 Å². The monoisotopic (exact) mass is 300 g/mol. The minimum Gasteiger partial charge on any atom is -0.381 e. The Morgan fingerprint density at radius 2 is 2.11 bits per heavy atom. The van der Waals surface area contributed by atoms with Crippen molar-refractivity contribution in [2.45, 2.75) is 25.3 Å². The Morgan fingerprint density at radius 3 is 2.58 bits per heavy atom. The highest BCUT2D eigenvalue weighted by atomic mass is 32.2. The molecule has 0 unspecified atom stereocenters. The van der Waals surface area contributed by atoms with Crippen molar-refractivity contribution in [2.24, 2.45) is 7.05 Å². The second-order valence-electron chi connectivity index (χ2n) is 4.26. The van der Waals surface area contributed by atoms with E-state index in [0.717, 1.165) is 9.75 Å². The zero-order valence-electron chi connectivity index (χ0n) is 11.0. The van der Waals surface area contributed by atoms with Gasteiger partial charge >= 0.3 is 0 Å². The molecule has 0 aliphatic heterocycles. The van der Waals surface area contributed by atoms with Crippen molar-refractivity contribution in [3.8, 4) is 0 Å². The third kappa shape index (κ3) is 2.80. The first-order valence-electron chi connectivity index (χ1n) is 5.65. The van der Waals surface area contributed by atoms with Crippen LogP contribution in [0.15, 0.2) is 17.0 Å². The molecule has 2 rings (SSSR count). The van der Waals surface area contributed by atoms with E-state index in [2.05, 4.69) is 9.82 Å². The standard InChI is InChI=1S/C11H16N4O2S2/c1-7-4-5-9(18-7)6-13-19(16,17)10-8(2)15(3)14-11(10)12/h4-5,13H,6H2,1-3H3,(H2,12,14). The van der Waals surface area contributed by atoms with Gasteiger partial charge in [0.15, 0.2) is 5.82 Å². The van der Waals surface area contributed by atoms with Crippen molar-refractivity contribution in [3.63, 3.8) is 0 Å². The van der Waals surface area contributed by atoms with Gasteiger partial charge in [-0.25, -0.2) is 13.1 Å².